The zero-order valence-corrected chi connectivity index (χ0v) is 15.4. The van der Waals surface area contributed by atoms with E-state index in [4.69, 9.17) is 0 Å². The van der Waals surface area contributed by atoms with Crippen molar-refractivity contribution in [2.75, 3.05) is 0 Å². The maximum Gasteiger partial charge on any atom is 0.573 e. The number of aromatic nitrogens is 2. The highest BCUT2D eigenvalue weighted by atomic mass is 32.2. The summed E-state index contributed by atoms with van der Waals surface area (Å²) in [6, 6.07) is 10.7. The Hall–Kier alpha value is -2.85. The van der Waals surface area contributed by atoms with E-state index in [9.17, 15) is 21.6 Å². The van der Waals surface area contributed by atoms with Crippen LogP contribution in [0, 0.1) is 0 Å². The van der Waals surface area contributed by atoms with Crippen molar-refractivity contribution in [2.24, 2.45) is 0 Å². The first-order chi connectivity index (χ1) is 13.1. The van der Waals surface area contributed by atoms with Gasteiger partial charge in [-0.1, -0.05) is 12.1 Å². The average Bonchev–Trinajstić information content (AvgIpc) is 3.15. The van der Waals surface area contributed by atoms with Gasteiger partial charge in [0.1, 0.15) is 5.75 Å². The van der Waals surface area contributed by atoms with E-state index in [1.165, 1.54) is 0 Å². The lowest BCUT2D eigenvalue weighted by Crippen LogP contribution is -2.27. The Kier molecular flexibility index (Phi) is 5.43. The molecule has 28 heavy (non-hydrogen) atoms. The molecule has 0 radical (unpaired) electrons. The zero-order valence-electron chi connectivity index (χ0n) is 14.6. The van der Waals surface area contributed by atoms with E-state index < -0.39 is 28.2 Å². The van der Waals surface area contributed by atoms with Crippen molar-refractivity contribution in [3.05, 3.63) is 72.8 Å². The Balaban J connectivity index is 1.71. The SMILES string of the molecule is C[C@@H](NS(=O)(=O)c1ccc(OC(F)(F)F)cc1)c1ccc(-n2ccnc2)cc1. The first-order valence-electron chi connectivity index (χ1n) is 8.10. The number of halogens is 3. The molecule has 0 saturated carbocycles. The van der Waals surface area contributed by atoms with Crippen molar-refractivity contribution in [2.45, 2.75) is 24.2 Å². The molecule has 0 spiro atoms. The largest absolute Gasteiger partial charge is 0.573 e. The summed E-state index contributed by atoms with van der Waals surface area (Å²) in [4.78, 5) is 3.80. The molecule has 0 saturated heterocycles. The molecule has 0 aliphatic carbocycles. The highest BCUT2D eigenvalue weighted by Crippen LogP contribution is 2.25. The van der Waals surface area contributed by atoms with Crippen LogP contribution in [0.15, 0.2) is 72.1 Å². The van der Waals surface area contributed by atoms with Crippen LogP contribution < -0.4 is 9.46 Å². The number of hydrogen-bond donors (Lipinski definition) is 1. The minimum atomic E-state index is -4.84. The summed E-state index contributed by atoms with van der Waals surface area (Å²) in [5.74, 6) is -0.491. The predicted octanol–water partition coefficient (Wildman–Crippen LogP) is 3.81. The summed E-state index contributed by atoms with van der Waals surface area (Å²) >= 11 is 0. The third kappa shape index (κ3) is 4.90. The highest BCUT2D eigenvalue weighted by molar-refractivity contribution is 7.89. The third-order valence-corrected chi connectivity index (χ3v) is 5.45. The van der Waals surface area contributed by atoms with Crippen LogP contribution in [-0.4, -0.2) is 24.3 Å². The molecule has 0 amide bonds. The molecule has 0 aliphatic rings. The Morgan fingerprint density at radius 3 is 2.25 bits per heavy atom. The number of sulfonamides is 1. The molecule has 148 valence electrons. The van der Waals surface area contributed by atoms with Gasteiger partial charge in [0.15, 0.2) is 0 Å². The summed E-state index contributed by atoms with van der Waals surface area (Å²) in [5, 5.41) is 0. The van der Waals surface area contributed by atoms with Crippen LogP contribution in [0.2, 0.25) is 0 Å². The Morgan fingerprint density at radius 1 is 1.07 bits per heavy atom. The van der Waals surface area contributed by atoms with Gasteiger partial charge in [0.2, 0.25) is 10.0 Å². The molecule has 3 aromatic rings. The molecule has 1 aromatic heterocycles. The molecular formula is C18H16F3N3O3S. The van der Waals surface area contributed by atoms with Crippen LogP contribution in [0.3, 0.4) is 0 Å². The topological polar surface area (TPSA) is 73.2 Å². The Labute approximate surface area is 159 Å². The van der Waals surface area contributed by atoms with Crippen LogP contribution in [0.5, 0.6) is 5.75 Å². The minimum Gasteiger partial charge on any atom is -0.406 e. The van der Waals surface area contributed by atoms with Crippen LogP contribution in [-0.2, 0) is 10.0 Å². The lowest BCUT2D eigenvalue weighted by molar-refractivity contribution is -0.274. The van der Waals surface area contributed by atoms with Gasteiger partial charge in [0.05, 0.1) is 11.2 Å². The van der Waals surface area contributed by atoms with Crippen molar-refractivity contribution in [3.8, 4) is 11.4 Å². The van der Waals surface area contributed by atoms with Crippen LogP contribution in [0.25, 0.3) is 5.69 Å². The summed E-state index contributed by atoms with van der Waals surface area (Å²) < 4.78 is 69.6. The molecule has 2 aromatic carbocycles. The summed E-state index contributed by atoms with van der Waals surface area (Å²) in [6.45, 7) is 1.67. The number of ether oxygens (including phenoxy) is 1. The third-order valence-electron chi connectivity index (χ3n) is 3.90. The standard InChI is InChI=1S/C18H16F3N3O3S/c1-13(14-2-4-15(5-3-14)24-11-10-22-12-24)23-28(25,26)17-8-6-16(7-9-17)27-18(19,20)21/h2-13,23H,1H3/t13-/m1/s1. The van der Waals surface area contributed by atoms with Crippen molar-refractivity contribution < 1.29 is 26.3 Å². The Morgan fingerprint density at radius 2 is 1.71 bits per heavy atom. The zero-order chi connectivity index (χ0) is 20.4. The van der Waals surface area contributed by atoms with Crippen molar-refractivity contribution in [3.63, 3.8) is 0 Å². The number of imidazole rings is 1. The molecule has 3 rings (SSSR count). The first kappa shape index (κ1) is 19.9. The average molecular weight is 411 g/mol. The normalized spacial score (nSPS) is 13.3. The molecule has 1 atom stereocenters. The van der Waals surface area contributed by atoms with Crippen LogP contribution >= 0.6 is 0 Å². The Bertz CT molecular complexity index is 1020. The van der Waals surface area contributed by atoms with Gasteiger partial charge in [-0.3, -0.25) is 0 Å². The van der Waals surface area contributed by atoms with Crippen molar-refractivity contribution in [1.29, 1.82) is 0 Å². The monoisotopic (exact) mass is 411 g/mol. The smallest absolute Gasteiger partial charge is 0.406 e. The fourth-order valence-electron chi connectivity index (χ4n) is 2.54. The van der Waals surface area contributed by atoms with E-state index in [0.717, 1.165) is 35.5 Å². The molecule has 0 fully saturated rings. The molecule has 1 N–H and O–H groups in total. The highest BCUT2D eigenvalue weighted by Gasteiger charge is 2.31. The molecule has 0 bridgehead atoms. The first-order valence-corrected chi connectivity index (χ1v) is 9.59. The maximum absolute atomic E-state index is 12.5. The fourth-order valence-corrected chi connectivity index (χ4v) is 3.77. The van der Waals surface area contributed by atoms with Gasteiger partial charge >= 0.3 is 6.36 Å². The van der Waals surface area contributed by atoms with Gasteiger partial charge in [0.25, 0.3) is 0 Å². The fraction of sp³-hybridized carbons (Fsp3) is 0.167. The lowest BCUT2D eigenvalue weighted by atomic mass is 10.1. The van der Waals surface area contributed by atoms with E-state index >= 15 is 0 Å². The summed E-state index contributed by atoms with van der Waals surface area (Å²) in [5.41, 5.74) is 1.60. The van der Waals surface area contributed by atoms with Crippen LogP contribution in [0.4, 0.5) is 13.2 Å². The van der Waals surface area contributed by atoms with Crippen molar-refractivity contribution >= 4 is 10.0 Å². The number of rotatable bonds is 6. The molecule has 0 unspecified atom stereocenters. The molecule has 0 aliphatic heterocycles. The molecule has 10 heteroatoms. The maximum atomic E-state index is 12.5. The number of nitrogens with one attached hydrogen (secondary N) is 1. The number of alkyl halides is 3. The lowest BCUT2D eigenvalue weighted by Gasteiger charge is -2.16. The second-order valence-corrected chi connectivity index (χ2v) is 7.64. The van der Waals surface area contributed by atoms with Gasteiger partial charge in [-0.25, -0.2) is 18.1 Å². The summed E-state index contributed by atoms with van der Waals surface area (Å²) in [6.07, 6.45) is 0.242. The molecule has 1 heterocycles. The van der Waals surface area contributed by atoms with Crippen molar-refractivity contribution in [1.82, 2.24) is 14.3 Å². The van der Waals surface area contributed by atoms with Gasteiger partial charge < -0.3 is 9.30 Å². The van der Waals surface area contributed by atoms with Gasteiger partial charge in [-0.05, 0) is 48.9 Å². The van der Waals surface area contributed by atoms with E-state index in [0.29, 0.717) is 0 Å². The predicted molar refractivity (Wildman–Crippen MR) is 95.4 cm³/mol. The quantitative estimate of drug-likeness (QED) is 0.670. The van der Waals surface area contributed by atoms with Crippen LogP contribution in [0.1, 0.15) is 18.5 Å². The van der Waals surface area contributed by atoms with Gasteiger partial charge in [-0.15, -0.1) is 13.2 Å². The molecule has 6 nitrogen and oxygen atoms in total. The van der Waals surface area contributed by atoms with E-state index in [1.807, 2.05) is 16.7 Å². The van der Waals surface area contributed by atoms with E-state index in [-0.39, 0.29) is 4.90 Å². The van der Waals surface area contributed by atoms with E-state index in [1.54, 1.807) is 37.8 Å². The van der Waals surface area contributed by atoms with E-state index in [2.05, 4.69) is 14.4 Å². The number of nitrogens with zero attached hydrogens (tertiary/aromatic N) is 2. The van der Waals surface area contributed by atoms with Gasteiger partial charge in [-0.2, -0.15) is 0 Å². The van der Waals surface area contributed by atoms with Gasteiger partial charge in [0, 0.05) is 24.1 Å². The second-order valence-electron chi connectivity index (χ2n) is 5.92. The number of benzene rings is 2. The second kappa shape index (κ2) is 7.64. The minimum absolute atomic E-state index is 0.163. The molecular weight excluding hydrogens is 395 g/mol. The summed E-state index contributed by atoms with van der Waals surface area (Å²) in [7, 11) is -3.92. The number of hydrogen-bond acceptors (Lipinski definition) is 4.